The lowest BCUT2D eigenvalue weighted by molar-refractivity contribution is 0.518. The highest BCUT2D eigenvalue weighted by atomic mass is 19.1. The van der Waals surface area contributed by atoms with Gasteiger partial charge in [0.1, 0.15) is 11.6 Å². The molecule has 4 nitrogen and oxygen atoms in total. The highest BCUT2D eigenvalue weighted by Gasteiger charge is 2.10. The maximum Gasteiger partial charge on any atom is 0.225 e. The highest BCUT2D eigenvalue weighted by Crippen LogP contribution is 2.25. The number of nitrogens with one attached hydrogen (secondary N) is 2. The van der Waals surface area contributed by atoms with E-state index in [2.05, 4.69) is 34.4 Å². The summed E-state index contributed by atoms with van der Waals surface area (Å²) in [5, 5.41) is 7.46. The molecule has 3 aromatic rings. The van der Waals surface area contributed by atoms with Crippen LogP contribution < -0.4 is 10.6 Å². The molecule has 1 aromatic heterocycles. The fraction of sp³-hybridized carbons (Fsp3) is 0.364. The molecule has 2 N–H and O–H groups in total. The SMILES string of the molecule is CC.CCC(CC)CNc1nc(Nc2cccc(F)c2)c2ccccc2n1. The Bertz CT molecular complexity index is 847. The van der Waals surface area contributed by atoms with Crippen LogP contribution in [-0.4, -0.2) is 16.5 Å². The van der Waals surface area contributed by atoms with Crippen LogP contribution in [0.4, 0.5) is 21.8 Å². The number of para-hydroxylation sites is 1. The Hall–Kier alpha value is -2.69. The van der Waals surface area contributed by atoms with Crippen molar-refractivity contribution < 1.29 is 4.39 Å². The molecule has 0 bridgehead atoms. The van der Waals surface area contributed by atoms with Gasteiger partial charge in [0, 0.05) is 17.6 Å². The molecule has 0 saturated heterocycles. The Kier molecular flexibility index (Phi) is 7.99. The number of benzene rings is 2. The molecule has 0 unspecified atom stereocenters. The van der Waals surface area contributed by atoms with E-state index in [1.807, 2.05) is 44.2 Å². The average molecular weight is 369 g/mol. The van der Waals surface area contributed by atoms with Crippen molar-refractivity contribution in [2.45, 2.75) is 40.5 Å². The van der Waals surface area contributed by atoms with E-state index in [1.54, 1.807) is 6.07 Å². The first-order chi connectivity index (χ1) is 13.2. The molecule has 5 heteroatoms. The molecular formula is C22H29FN4. The molecule has 0 aliphatic rings. The first kappa shape index (κ1) is 20.6. The molecule has 0 aliphatic heterocycles. The Morgan fingerprint density at radius 1 is 0.963 bits per heavy atom. The van der Waals surface area contributed by atoms with Gasteiger partial charge in [-0.2, -0.15) is 4.98 Å². The number of nitrogens with zero attached hydrogens (tertiary/aromatic N) is 2. The molecule has 0 spiro atoms. The van der Waals surface area contributed by atoms with Gasteiger partial charge in [0.05, 0.1) is 5.52 Å². The van der Waals surface area contributed by atoms with Gasteiger partial charge in [0.2, 0.25) is 5.95 Å². The van der Waals surface area contributed by atoms with E-state index >= 15 is 0 Å². The molecule has 27 heavy (non-hydrogen) atoms. The number of hydrogen-bond acceptors (Lipinski definition) is 4. The van der Waals surface area contributed by atoms with Crippen LogP contribution in [0.5, 0.6) is 0 Å². The fourth-order valence-electron chi connectivity index (χ4n) is 2.77. The van der Waals surface area contributed by atoms with Crippen molar-refractivity contribution in [2.24, 2.45) is 5.92 Å². The zero-order valence-electron chi connectivity index (χ0n) is 16.6. The Labute approximate surface area is 161 Å². The van der Waals surface area contributed by atoms with Gasteiger partial charge in [-0.15, -0.1) is 0 Å². The van der Waals surface area contributed by atoms with Crippen molar-refractivity contribution in [2.75, 3.05) is 17.2 Å². The third-order valence-corrected chi connectivity index (χ3v) is 4.39. The first-order valence-electron chi connectivity index (χ1n) is 9.72. The summed E-state index contributed by atoms with van der Waals surface area (Å²) in [7, 11) is 0. The van der Waals surface area contributed by atoms with Gasteiger partial charge in [0.15, 0.2) is 0 Å². The first-order valence-corrected chi connectivity index (χ1v) is 9.72. The van der Waals surface area contributed by atoms with Crippen LogP contribution in [0, 0.1) is 11.7 Å². The topological polar surface area (TPSA) is 49.8 Å². The predicted molar refractivity (Wildman–Crippen MR) is 113 cm³/mol. The van der Waals surface area contributed by atoms with Crippen LogP contribution in [0.1, 0.15) is 40.5 Å². The molecule has 144 valence electrons. The van der Waals surface area contributed by atoms with Gasteiger partial charge >= 0.3 is 0 Å². The molecule has 0 fully saturated rings. The Morgan fingerprint density at radius 3 is 2.41 bits per heavy atom. The van der Waals surface area contributed by atoms with E-state index in [4.69, 9.17) is 0 Å². The summed E-state index contributed by atoms with van der Waals surface area (Å²) in [5.41, 5.74) is 1.51. The van der Waals surface area contributed by atoms with Crippen molar-refractivity contribution in [3.05, 3.63) is 54.3 Å². The summed E-state index contributed by atoms with van der Waals surface area (Å²) in [6, 6.07) is 14.2. The molecule has 0 amide bonds. The lowest BCUT2D eigenvalue weighted by Gasteiger charge is -2.15. The third-order valence-electron chi connectivity index (χ3n) is 4.39. The molecule has 2 aromatic carbocycles. The molecule has 0 aliphatic carbocycles. The number of aromatic nitrogens is 2. The summed E-state index contributed by atoms with van der Waals surface area (Å²) in [5.74, 6) is 1.57. The number of halogens is 1. The predicted octanol–water partition coefficient (Wildman–Crippen LogP) is 6.39. The van der Waals surface area contributed by atoms with Gasteiger partial charge in [-0.3, -0.25) is 0 Å². The lowest BCUT2D eigenvalue weighted by atomic mass is 10.0. The van der Waals surface area contributed by atoms with Crippen molar-refractivity contribution in [3.63, 3.8) is 0 Å². The minimum atomic E-state index is -0.282. The van der Waals surface area contributed by atoms with Crippen molar-refractivity contribution in [1.82, 2.24) is 9.97 Å². The second kappa shape index (κ2) is 10.5. The van der Waals surface area contributed by atoms with Gasteiger partial charge < -0.3 is 10.6 Å². The van der Waals surface area contributed by atoms with Gasteiger partial charge in [0.25, 0.3) is 0 Å². The van der Waals surface area contributed by atoms with Crippen molar-refractivity contribution in [1.29, 1.82) is 0 Å². The number of rotatable bonds is 7. The normalized spacial score (nSPS) is 10.4. The zero-order chi connectivity index (χ0) is 19.6. The summed E-state index contributed by atoms with van der Waals surface area (Å²) < 4.78 is 13.5. The molecule has 0 radical (unpaired) electrons. The van der Waals surface area contributed by atoms with E-state index in [0.717, 1.165) is 30.3 Å². The zero-order valence-corrected chi connectivity index (χ0v) is 16.6. The van der Waals surface area contributed by atoms with Crippen LogP contribution in [0.3, 0.4) is 0 Å². The number of fused-ring (bicyclic) bond motifs is 1. The van der Waals surface area contributed by atoms with Crippen LogP contribution >= 0.6 is 0 Å². The van der Waals surface area contributed by atoms with Crippen molar-refractivity contribution >= 4 is 28.4 Å². The minimum Gasteiger partial charge on any atom is -0.354 e. The summed E-state index contributed by atoms with van der Waals surface area (Å²) in [6.07, 6.45) is 2.23. The summed E-state index contributed by atoms with van der Waals surface area (Å²) in [4.78, 5) is 9.21. The highest BCUT2D eigenvalue weighted by molar-refractivity contribution is 5.91. The smallest absolute Gasteiger partial charge is 0.225 e. The average Bonchev–Trinajstić information content (AvgIpc) is 2.70. The molecule has 0 saturated carbocycles. The number of anilines is 3. The van der Waals surface area contributed by atoms with Crippen molar-refractivity contribution in [3.8, 4) is 0 Å². The largest absolute Gasteiger partial charge is 0.354 e. The second-order valence-corrected chi connectivity index (χ2v) is 6.11. The maximum atomic E-state index is 13.5. The number of hydrogen-bond donors (Lipinski definition) is 2. The van der Waals surface area contributed by atoms with Crippen LogP contribution in [0.15, 0.2) is 48.5 Å². The Balaban J connectivity index is 0.00000126. The molecule has 0 atom stereocenters. The van der Waals surface area contributed by atoms with Gasteiger partial charge in [-0.25, -0.2) is 9.37 Å². The third kappa shape index (κ3) is 5.64. The van der Waals surface area contributed by atoms with E-state index in [0.29, 0.717) is 23.4 Å². The molecule has 1 heterocycles. The molecule has 3 rings (SSSR count). The van der Waals surface area contributed by atoms with E-state index in [9.17, 15) is 4.39 Å². The molecular weight excluding hydrogens is 339 g/mol. The maximum absolute atomic E-state index is 13.5. The van der Waals surface area contributed by atoms with Crippen LogP contribution in [0.2, 0.25) is 0 Å². The second-order valence-electron chi connectivity index (χ2n) is 6.11. The summed E-state index contributed by atoms with van der Waals surface area (Å²) >= 11 is 0. The quantitative estimate of drug-likeness (QED) is 0.507. The van der Waals surface area contributed by atoms with Crippen LogP contribution in [-0.2, 0) is 0 Å². The monoisotopic (exact) mass is 368 g/mol. The van der Waals surface area contributed by atoms with E-state index < -0.39 is 0 Å². The summed E-state index contributed by atoms with van der Waals surface area (Å²) in [6.45, 7) is 9.22. The minimum absolute atomic E-state index is 0.282. The van der Waals surface area contributed by atoms with E-state index in [1.165, 1.54) is 12.1 Å². The van der Waals surface area contributed by atoms with Gasteiger partial charge in [-0.1, -0.05) is 58.7 Å². The van der Waals surface area contributed by atoms with Gasteiger partial charge in [-0.05, 0) is 36.2 Å². The lowest BCUT2D eigenvalue weighted by Crippen LogP contribution is -2.15. The fourth-order valence-corrected chi connectivity index (χ4v) is 2.77. The van der Waals surface area contributed by atoms with E-state index in [-0.39, 0.29) is 5.82 Å². The van der Waals surface area contributed by atoms with Crippen LogP contribution in [0.25, 0.3) is 10.9 Å². The standard InChI is InChI=1S/C20H23FN4.C2H6/c1-3-14(4-2)13-22-20-24-18-11-6-5-10-17(18)19(25-20)23-16-9-7-8-15(21)12-16;1-2/h5-12,14H,3-4,13H2,1-2H3,(H2,22,23,24,25);1-2H3. The Morgan fingerprint density at radius 2 is 1.70 bits per heavy atom.